The number of nitrogens with one attached hydrogen (secondary N) is 1. The SMILES string of the molecule is CNC(=O)C1CCCN1Cc1cccc(Br)c1. The molecule has 1 heterocycles. The fourth-order valence-electron chi connectivity index (χ4n) is 2.35. The first kappa shape index (κ1) is 12.6. The molecule has 0 saturated carbocycles. The lowest BCUT2D eigenvalue weighted by molar-refractivity contribution is -0.125. The zero-order valence-electron chi connectivity index (χ0n) is 9.95. The van der Waals surface area contributed by atoms with Crippen molar-refractivity contribution in [3.8, 4) is 0 Å². The molecule has 1 aromatic carbocycles. The van der Waals surface area contributed by atoms with Gasteiger partial charge in [0.1, 0.15) is 0 Å². The average Bonchev–Trinajstić information content (AvgIpc) is 2.76. The van der Waals surface area contributed by atoms with Crippen LogP contribution >= 0.6 is 15.9 Å². The molecular weight excluding hydrogens is 280 g/mol. The summed E-state index contributed by atoms with van der Waals surface area (Å²) in [5, 5.41) is 2.74. The van der Waals surface area contributed by atoms with E-state index in [1.807, 2.05) is 12.1 Å². The Morgan fingerprint density at radius 2 is 2.41 bits per heavy atom. The zero-order chi connectivity index (χ0) is 12.3. The van der Waals surface area contributed by atoms with Gasteiger partial charge < -0.3 is 5.32 Å². The third-order valence-corrected chi connectivity index (χ3v) is 3.68. The van der Waals surface area contributed by atoms with Gasteiger partial charge >= 0.3 is 0 Å². The summed E-state index contributed by atoms with van der Waals surface area (Å²) in [4.78, 5) is 14.0. The number of benzene rings is 1. The molecule has 1 aliphatic heterocycles. The lowest BCUT2D eigenvalue weighted by Crippen LogP contribution is -2.41. The number of hydrogen-bond donors (Lipinski definition) is 1. The first-order valence-electron chi connectivity index (χ1n) is 5.91. The Morgan fingerprint density at radius 3 is 3.12 bits per heavy atom. The predicted octanol–water partition coefficient (Wildman–Crippen LogP) is 2.16. The molecule has 92 valence electrons. The summed E-state index contributed by atoms with van der Waals surface area (Å²) >= 11 is 3.47. The Kier molecular flexibility index (Phi) is 4.18. The van der Waals surface area contributed by atoms with Crippen molar-refractivity contribution in [3.05, 3.63) is 34.3 Å². The van der Waals surface area contributed by atoms with E-state index in [0.29, 0.717) is 0 Å². The highest BCUT2D eigenvalue weighted by Crippen LogP contribution is 2.21. The van der Waals surface area contributed by atoms with Crippen LogP contribution < -0.4 is 5.32 Å². The third-order valence-electron chi connectivity index (χ3n) is 3.19. The first-order chi connectivity index (χ1) is 8.20. The van der Waals surface area contributed by atoms with Gasteiger partial charge in [-0.1, -0.05) is 28.1 Å². The van der Waals surface area contributed by atoms with Crippen molar-refractivity contribution in [3.63, 3.8) is 0 Å². The molecule has 0 spiro atoms. The minimum absolute atomic E-state index is 0.0407. The maximum Gasteiger partial charge on any atom is 0.237 e. The number of halogens is 1. The van der Waals surface area contributed by atoms with Gasteiger partial charge in [0.2, 0.25) is 5.91 Å². The van der Waals surface area contributed by atoms with Crippen LogP contribution in [0, 0.1) is 0 Å². The number of amides is 1. The van der Waals surface area contributed by atoms with Crippen molar-refractivity contribution in [2.75, 3.05) is 13.6 Å². The molecule has 0 aromatic heterocycles. The quantitative estimate of drug-likeness (QED) is 0.927. The second-order valence-electron chi connectivity index (χ2n) is 4.37. The van der Waals surface area contributed by atoms with E-state index in [2.05, 4.69) is 38.3 Å². The van der Waals surface area contributed by atoms with E-state index in [1.54, 1.807) is 7.05 Å². The zero-order valence-corrected chi connectivity index (χ0v) is 11.5. The minimum atomic E-state index is 0.0407. The fourth-order valence-corrected chi connectivity index (χ4v) is 2.80. The summed E-state index contributed by atoms with van der Waals surface area (Å²) in [7, 11) is 1.71. The smallest absolute Gasteiger partial charge is 0.237 e. The Labute approximate surface area is 110 Å². The summed E-state index contributed by atoms with van der Waals surface area (Å²) in [5.74, 6) is 0.137. The van der Waals surface area contributed by atoms with Crippen molar-refractivity contribution in [2.24, 2.45) is 0 Å². The molecule has 1 aromatic rings. The molecule has 0 radical (unpaired) electrons. The normalized spacial score (nSPS) is 20.5. The maximum atomic E-state index is 11.7. The largest absolute Gasteiger partial charge is 0.358 e. The highest BCUT2D eigenvalue weighted by molar-refractivity contribution is 9.10. The summed E-state index contributed by atoms with van der Waals surface area (Å²) < 4.78 is 1.09. The number of carbonyl (C=O) groups is 1. The van der Waals surface area contributed by atoms with Gasteiger partial charge in [0.25, 0.3) is 0 Å². The van der Waals surface area contributed by atoms with E-state index in [0.717, 1.165) is 30.4 Å². The number of likely N-dealkylation sites (N-methyl/N-ethyl adjacent to an activating group) is 1. The molecule has 0 bridgehead atoms. The number of hydrogen-bond acceptors (Lipinski definition) is 2. The van der Waals surface area contributed by atoms with Crippen molar-refractivity contribution >= 4 is 21.8 Å². The maximum absolute atomic E-state index is 11.7. The monoisotopic (exact) mass is 296 g/mol. The Morgan fingerprint density at radius 1 is 1.59 bits per heavy atom. The van der Waals surface area contributed by atoms with E-state index < -0.39 is 0 Å². The summed E-state index contributed by atoms with van der Waals surface area (Å²) in [5.41, 5.74) is 1.25. The van der Waals surface area contributed by atoms with Crippen molar-refractivity contribution in [1.82, 2.24) is 10.2 Å². The highest BCUT2D eigenvalue weighted by Gasteiger charge is 2.29. The molecule has 0 aliphatic carbocycles. The van der Waals surface area contributed by atoms with Gasteiger partial charge in [-0.25, -0.2) is 0 Å². The van der Waals surface area contributed by atoms with Gasteiger partial charge in [-0.2, -0.15) is 0 Å². The van der Waals surface area contributed by atoms with Gasteiger partial charge in [0.15, 0.2) is 0 Å². The van der Waals surface area contributed by atoms with Crippen LogP contribution in [0.15, 0.2) is 28.7 Å². The molecule has 1 atom stereocenters. The van der Waals surface area contributed by atoms with Crippen LogP contribution in [0.1, 0.15) is 18.4 Å². The molecule has 2 rings (SSSR count). The van der Waals surface area contributed by atoms with E-state index in [9.17, 15) is 4.79 Å². The van der Waals surface area contributed by atoms with Crippen LogP contribution in [-0.4, -0.2) is 30.4 Å². The number of carbonyl (C=O) groups excluding carboxylic acids is 1. The highest BCUT2D eigenvalue weighted by atomic mass is 79.9. The second-order valence-corrected chi connectivity index (χ2v) is 5.29. The molecule has 1 N–H and O–H groups in total. The van der Waals surface area contributed by atoms with Gasteiger partial charge in [0.05, 0.1) is 6.04 Å². The van der Waals surface area contributed by atoms with Gasteiger partial charge in [-0.3, -0.25) is 9.69 Å². The predicted molar refractivity (Wildman–Crippen MR) is 71.6 cm³/mol. The van der Waals surface area contributed by atoms with Crippen LogP contribution in [0.2, 0.25) is 0 Å². The van der Waals surface area contributed by atoms with Crippen molar-refractivity contribution in [2.45, 2.75) is 25.4 Å². The molecule has 17 heavy (non-hydrogen) atoms. The molecule has 1 saturated heterocycles. The molecule has 1 aliphatic rings. The molecule has 3 nitrogen and oxygen atoms in total. The lowest BCUT2D eigenvalue weighted by atomic mass is 10.1. The van der Waals surface area contributed by atoms with Crippen LogP contribution in [0.4, 0.5) is 0 Å². The second kappa shape index (κ2) is 5.65. The average molecular weight is 297 g/mol. The van der Waals surface area contributed by atoms with Crippen LogP contribution in [0.25, 0.3) is 0 Å². The van der Waals surface area contributed by atoms with Crippen LogP contribution in [0.5, 0.6) is 0 Å². The third kappa shape index (κ3) is 3.07. The van der Waals surface area contributed by atoms with Gasteiger partial charge in [-0.05, 0) is 37.1 Å². The van der Waals surface area contributed by atoms with E-state index in [-0.39, 0.29) is 11.9 Å². The summed E-state index contributed by atoms with van der Waals surface area (Å²) in [6.45, 7) is 1.85. The first-order valence-corrected chi connectivity index (χ1v) is 6.70. The fraction of sp³-hybridized carbons (Fsp3) is 0.462. The van der Waals surface area contributed by atoms with E-state index in [1.165, 1.54) is 5.56 Å². The standard InChI is InChI=1S/C13H17BrN2O/c1-15-13(17)12-6-3-7-16(12)9-10-4-2-5-11(14)8-10/h2,4-5,8,12H,3,6-7,9H2,1H3,(H,15,17). The van der Waals surface area contributed by atoms with Crippen LogP contribution in [-0.2, 0) is 11.3 Å². The summed E-state index contributed by atoms with van der Waals surface area (Å²) in [6, 6.07) is 8.30. The molecule has 4 heteroatoms. The van der Waals surface area contributed by atoms with E-state index in [4.69, 9.17) is 0 Å². The number of rotatable bonds is 3. The van der Waals surface area contributed by atoms with E-state index >= 15 is 0 Å². The minimum Gasteiger partial charge on any atom is -0.358 e. The van der Waals surface area contributed by atoms with Crippen molar-refractivity contribution in [1.29, 1.82) is 0 Å². The number of likely N-dealkylation sites (tertiary alicyclic amines) is 1. The van der Waals surface area contributed by atoms with Gasteiger partial charge in [-0.15, -0.1) is 0 Å². The Bertz CT molecular complexity index is 408. The molecule has 1 amide bonds. The molecular formula is C13H17BrN2O. The topological polar surface area (TPSA) is 32.3 Å². The van der Waals surface area contributed by atoms with Crippen molar-refractivity contribution < 1.29 is 4.79 Å². The van der Waals surface area contributed by atoms with Gasteiger partial charge in [0, 0.05) is 18.1 Å². The molecule has 1 fully saturated rings. The summed E-state index contributed by atoms with van der Waals surface area (Å²) in [6.07, 6.45) is 2.07. The Hall–Kier alpha value is -0.870. The lowest BCUT2D eigenvalue weighted by Gasteiger charge is -2.23. The molecule has 1 unspecified atom stereocenters. The Balaban J connectivity index is 2.05. The number of nitrogens with zero attached hydrogens (tertiary/aromatic N) is 1. The van der Waals surface area contributed by atoms with Crippen LogP contribution in [0.3, 0.4) is 0 Å².